The molecule has 1 atom stereocenters. The third-order valence-electron chi connectivity index (χ3n) is 4.37. The minimum absolute atomic E-state index is 0.180. The molecule has 0 fully saturated rings. The lowest BCUT2D eigenvalue weighted by Gasteiger charge is -2.36. The molecular weight excluding hydrogens is 262 g/mol. The summed E-state index contributed by atoms with van der Waals surface area (Å²) in [4.78, 5) is 0. The van der Waals surface area contributed by atoms with Crippen LogP contribution in [0, 0.1) is 12.3 Å². The van der Waals surface area contributed by atoms with Gasteiger partial charge in [0.1, 0.15) is 0 Å². The smallest absolute Gasteiger partial charge is 0.161 e. The molecule has 0 aliphatic heterocycles. The maximum Gasteiger partial charge on any atom is 0.161 e. The number of ether oxygens (including phenoxy) is 2. The van der Waals surface area contributed by atoms with Crippen LogP contribution in [0.1, 0.15) is 57.7 Å². The molecule has 0 aromatic heterocycles. The van der Waals surface area contributed by atoms with Crippen molar-refractivity contribution in [2.45, 2.75) is 53.5 Å². The molecule has 0 amide bonds. The first-order valence-electron chi connectivity index (χ1n) is 7.87. The number of aryl methyl sites for hydroxylation is 1. The van der Waals surface area contributed by atoms with E-state index in [0.29, 0.717) is 6.04 Å². The quantitative estimate of drug-likeness (QED) is 0.766. The Bertz CT molecular complexity index is 455. The van der Waals surface area contributed by atoms with E-state index in [1.807, 2.05) is 0 Å². The van der Waals surface area contributed by atoms with E-state index < -0.39 is 0 Å². The van der Waals surface area contributed by atoms with Gasteiger partial charge in [-0.2, -0.15) is 0 Å². The van der Waals surface area contributed by atoms with Crippen LogP contribution in [0.4, 0.5) is 0 Å². The highest BCUT2D eigenvalue weighted by atomic mass is 16.5. The van der Waals surface area contributed by atoms with Crippen LogP contribution in [0.2, 0.25) is 0 Å². The van der Waals surface area contributed by atoms with E-state index in [2.05, 4.69) is 52.1 Å². The molecule has 0 radical (unpaired) electrons. The van der Waals surface area contributed by atoms with E-state index in [1.54, 1.807) is 14.2 Å². The van der Waals surface area contributed by atoms with Crippen molar-refractivity contribution in [3.8, 4) is 11.5 Å². The summed E-state index contributed by atoms with van der Waals surface area (Å²) in [5.41, 5.74) is 2.72. The number of hydrogen-bond donors (Lipinski definition) is 1. The highest BCUT2D eigenvalue weighted by Crippen LogP contribution is 2.41. The Hall–Kier alpha value is -1.22. The average Bonchev–Trinajstić information content (AvgIpc) is 2.48. The Kier molecular flexibility index (Phi) is 6.53. The molecule has 21 heavy (non-hydrogen) atoms. The van der Waals surface area contributed by atoms with E-state index in [4.69, 9.17) is 9.47 Å². The van der Waals surface area contributed by atoms with Gasteiger partial charge >= 0.3 is 0 Å². The molecule has 120 valence electrons. The minimum atomic E-state index is 0.180. The van der Waals surface area contributed by atoms with Crippen LogP contribution >= 0.6 is 0 Å². The number of rotatable bonds is 8. The molecule has 0 spiro atoms. The third-order valence-corrected chi connectivity index (χ3v) is 4.37. The predicted octanol–water partition coefficient (Wildman–Crippen LogP) is 4.49. The van der Waals surface area contributed by atoms with Crippen molar-refractivity contribution in [2.75, 3.05) is 20.8 Å². The zero-order chi connectivity index (χ0) is 16.0. The fourth-order valence-electron chi connectivity index (χ4n) is 2.61. The molecule has 0 aliphatic carbocycles. The largest absolute Gasteiger partial charge is 0.493 e. The summed E-state index contributed by atoms with van der Waals surface area (Å²) in [5.74, 6) is 1.59. The Morgan fingerprint density at radius 3 is 2.14 bits per heavy atom. The summed E-state index contributed by atoms with van der Waals surface area (Å²) in [7, 11) is 3.37. The lowest BCUT2D eigenvalue weighted by atomic mass is 9.77. The van der Waals surface area contributed by atoms with Gasteiger partial charge in [-0.3, -0.25) is 0 Å². The highest BCUT2D eigenvalue weighted by Gasteiger charge is 2.30. The molecule has 0 saturated carbocycles. The zero-order valence-corrected chi connectivity index (χ0v) is 14.7. The molecular formula is C18H31NO2. The predicted molar refractivity (Wildman–Crippen MR) is 89.4 cm³/mol. The molecule has 1 aromatic rings. The van der Waals surface area contributed by atoms with E-state index in [9.17, 15) is 0 Å². The Morgan fingerprint density at radius 2 is 1.67 bits per heavy atom. The molecule has 3 nitrogen and oxygen atoms in total. The standard InChI is InChI=1S/C18H31NO2/c1-8-10-19-17(18(4,5)9-2)14-12-16(21-7)15(20-6)11-13(14)3/h11-12,17,19H,8-10H2,1-7H3. The second-order valence-electron chi connectivity index (χ2n) is 6.29. The second kappa shape index (κ2) is 7.69. The van der Waals surface area contributed by atoms with Gasteiger partial charge in [-0.15, -0.1) is 0 Å². The first-order chi connectivity index (χ1) is 9.91. The first-order valence-corrected chi connectivity index (χ1v) is 7.87. The van der Waals surface area contributed by atoms with E-state index >= 15 is 0 Å². The van der Waals surface area contributed by atoms with Gasteiger partial charge in [-0.1, -0.05) is 27.7 Å². The van der Waals surface area contributed by atoms with Gasteiger partial charge in [-0.25, -0.2) is 0 Å². The van der Waals surface area contributed by atoms with Gasteiger partial charge in [0.25, 0.3) is 0 Å². The van der Waals surface area contributed by atoms with Crippen molar-refractivity contribution in [1.29, 1.82) is 0 Å². The van der Waals surface area contributed by atoms with Crippen molar-refractivity contribution in [3.63, 3.8) is 0 Å². The van der Waals surface area contributed by atoms with Crippen LogP contribution in [0.5, 0.6) is 11.5 Å². The third kappa shape index (κ3) is 4.13. The lowest BCUT2D eigenvalue weighted by molar-refractivity contribution is 0.233. The molecule has 1 N–H and O–H groups in total. The van der Waals surface area contributed by atoms with Crippen molar-refractivity contribution < 1.29 is 9.47 Å². The minimum Gasteiger partial charge on any atom is -0.493 e. The monoisotopic (exact) mass is 293 g/mol. The Morgan fingerprint density at radius 1 is 1.10 bits per heavy atom. The summed E-state index contributed by atoms with van der Waals surface area (Å²) in [6, 6.07) is 4.50. The van der Waals surface area contributed by atoms with Crippen molar-refractivity contribution in [2.24, 2.45) is 5.41 Å². The Labute approximate surface area is 130 Å². The van der Waals surface area contributed by atoms with Gasteiger partial charge in [0, 0.05) is 6.04 Å². The van der Waals surface area contributed by atoms with Crippen LogP contribution < -0.4 is 14.8 Å². The fourth-order valence-corrected chi connectivity index (χ4v) is 2.61. The van der Waals surface area contributed by atoms with Crippen LogP contribution in [0.15, 0.2) is 12.1 Å². The van der Waals surface area contributed by atoms with Gasteiger partial charge in [0.15, 0.2) is 11.5 Å². The van der Waals surface area contributed by atoms with Gasteiger partial charge in [0.2, 0.25) is 0 Å². The normalized spacial score (nSPS) is 13.1. The molecule has 1 unspecified atom stereocenters. The van der Waals surface area contributed by atoms with Gasteiger partial charge in [0.05, 0.1) is 14.2 Å². The molecule has 1 rings (SSSR count). The molecule has 1 aromatic carbocycles. The SMILES string of the molecule is CCCNC(c1cc(OC)c(OC)cc1C)C(C)(C)CC. The number of methoxy groups -OCH3 is 2. The van der Waals surface area contributed by atoms with Crippen molar-refractivity contribution >= 4 is 0 Å². The molecule has 0 aliphatic rings. The zero-order valence-electron chi connectivity index (χ0n) is 14.7. The fraction of sp³-hybridized carbons (Fsp3) is 0.667. The second-order valence-corrected chi connectivity index (χ2v) is 6.29. The van der Waals surface area contributed by atoms with Gasteiger partial charge < -0.3 is 14.8 Å². The number of benzene rings is 1. The van der Waals surface area contributed by atoms with Crippen molar-refractivity contribution in [1.82, 2.24) is 5.32 Å². The Balaban J connectivity index is 3.29. The van der Waals surface area contributed by atoms with E-state index in [1.165, 1.54) is 11.1 Å². The lowest BCUT2D eigenvalue weighted by Crippen LogP contribution is -2.35. The average molecular weight is 293 g/mol. The van der Waals surface area contributed by atoms with Crippen LogP contribution in [0.25, 0.3) is 0 Å². The van der Waals surface area contributed by atoms with Crippen LogP contribution in [-0.4, -0.2) is 20.8 Å². The summed E-state index contributed by atoms with van der Waals surface area (Å²) >= 11 is 0. The number of hydrogen-bond acceptors (Lipinski definition) is 3. The van der Waals surface area contributed by atoms with Crippen LogP contribution in [0.3, 0.4) is 0 Å². The number of nitrogens with one attached hydrogen (secondary N) is 1. The van der Waals surface area contributed by atoms with E-state index in [0.717, 1.165) is 30.9 Å². The highest BCUT2D eigenvalue weighted by molar-refractivity contribution is 5.48. The van der Waals surface area contributed by atoms with Crippen LogP contribution in [-0.2, 0) is 0 Å². The maximum atomic E-state index is 5.48. The summed E-state index contributed by atoms with van der Waals surface area (Å²) in [6.45, 7) is 12.2. The molecule has 0 heterocycles. The van der Waals surface area contributed by atoms with E-state index in [-0.39, 0.29) is 5.41 Å². The summed E-state index contributed by atoms with van der Waals surface area (Å²) in [6.07, 6.45) is 2.24. The molecule has 0 bridgehead atoms. The maximum absolute atomic E-state index is 5.48. The summed E-state index contributed by atoms with van der Waals surface area (Å²) in [5, 5.41) is 3.71. The molecule has 0 saturated heterocycles. The molecule has 3 heteroatoms. The summed E-state index contributed by atoms with van der Waals surface area (Å²) < 4.78 is 10.9. The first kappa shape index (κ1) is 17.8. The van der Waals surface area contributed by atoms with Gasteiger partial charge in [-0.05, 0) is 55.0 Å². The van der Waals surface area contributed by atoms with Crippen molar-refractivity contribution in [3.05, 3.63) is 23.3 Å². The topological polar surface area (TPSA) is 30.5 Å².